The van der Waals surface area contributed by atoms with Crippen molar-refractivity contribution in [1.82, 2.24) is 15.1 Å². The normalized spacial score (nSPS) is 13.6. The molecule has 0 unspecified atom stereocenters. The monoisotopic (exact) mass is 434 g/mol. The first kappa shape index (κ1) is 21.4. The van der Waals surface area contributed by atoms with Gasteiger partial charge in [-0.15, -0.1) is 10.2 Å². The predicted molar refractivity (Wildman–Crippen MR) is 121 cm³/mol. The molecule has 0 radical (unpaired) electrons. The summed E-state index contributed by atoms with van der Waals surface area (Å²) in [6.45, 7) is 2.61. The second-order valence-electron chi connectivity index (χ2n) is 7.34. The number of aromatic nitrogens is 2. The van der Waals surface area contributed by atoms with Crippen LogP contribution in [0, 0.1) is 0 Å². The number of hydrogen-bond donors (Lipinski definition) is 0. The van der Waals surface area contributed by atoms with Crippen LogP contribution in [0.1, 0.15) is 0 Å². The maximum atomic E-state index is 12.5. The molecule has 8 heteroatoms. The Morgan fingerprint density at radius 3 is 2.22 bits per heavy atom. The van der Waals surface area contributed by atoms with E-state index in [2.05, 4.69) is 15.1 Å². The van der Waals surface area contributed by atoms with E-state index in [0.717, 1.165) is 22.8 Å². The molecular weight excluding hydrogens is 408 g/mol. The molecular formula is C24H26N4O4. The second kappa shape index (κ2) is 10.00. The summed E-state index contributed by atoms with van der Waals surface area (Å²) in [6, 6.07) is 18.9. The van der Waals surface area contributed by atoms with E-state index in [1.807, 2.05) is 59.5 Å². The zero-order chi connectivity index (χ0) is 22.3. The first-order valence-electron chi connectivity index (χ1n) is 10.4. The molecule has 1 aliphatic rings. The van der Waals surface area contributed by atoms with Crippen molar-refractivity contribution in [3.8, 4) is 28.5 Å². The van der Waals surface area contributed by atoms with Crippen LogP contribution >= 0.6 is 0 Å². The number of carbonyl (C=O) groups excluding carboxylic acids is 1. The van der Waals surface area contributed by atoms with Gasteiger partial charge in [0.25, 0.3) is 5.91 Å². The van der Waals surface area contributed by atoms with Crippen LogP contribution in [0.15, 0.2) is 60.7 Å². The van der Waals surface area contributed by atoms with Gasteiger partial charge in [0.15, 0.2) is 12.4 Å². The zero-order valence-corrected chi connectivity index (χ0v) is 18.2. The van der Waals surface area contributed by atoms with Crippen molar-refractivity contribution in [3.63, 3.8) is 0 Å². The van der Waals surface area contributed by atoms with Gasteiger partial charge in [-0.1, -0.05) is 18.2 Å². The molecule has 4 rings (SSSR count). The molecule has 1 aliphatic heterocycles. The lowest BCUT2D eigenvalue weighted by molar-refractivity contribution is -0.133. The topological polar surface area (TPSA) is 77.0 Å². The van der Waals surface area contributed by atoms with Gasteiger partial charge in [-0.2, -0.15) is 0 Å². The first-order valence-corrected chi connectivity index (χ1v) is 10.4. The summed E-state index contributed by atoms with van der Waals surface area (Å²) in [6.07, 6.45) is 0. The average Bonchev–Trinajstić information content (AvgIpc) is 2.87. The minimum atomic E-state index is -0.0353. The molecule has 1 aromatic heterocycles. The Balaban J connectivity index is 1.29. The van der Waals surface area contributed by atoms with E-state index >= 15 is 0 Å². The summed E-state index contributed by atoms with van der Waals surface area (Å²) < 4.78 is 16.1. The molecule has 1 fully saturated rings. The number of anilines is 1. The van der Waals surface area contributed by atoms with Crippen molar-refractivity contribution in [2.24, 2.45) is 0 Å². The molecule has 0 N–H and O–H groups in total. The smallest absolute Gasteiger partial charge is 0.260 e. The van der Waals surface area contributed by atoms with Gasteiger partial charge in [0.1, 0.15) is 17.2 Å². The molecule has 32 heavy (non-hydrogen) atoms. The maximum absolute atomic E-state index is 12.5. The number of benzene rings is 2. The van der Waals surface area contributed by atoms with Crippen LogP contribution in [0.5, 0.6) is 17.2 Å². The van der Waals surface area contributed by atoms with Crippen molar-refractivity contribution in [3.05, 3.63) is 60.7 Å². The molecule has 0 atom stereocenters. The van der Waals surface area contributed by atoms with Crippen molar-refractivity contribution >= 4 is 11.7 Å². The Morgan fingerprint density at radius 2 is 1.53 bits per heavy atom. The van der Waals surface area contributed by atoms with E-state index < -0.39 is 0 Å². The SMILES string of the molecule is COc1cccc(OCC(=O)N2CCN(c3ccc(-c4cccc(OC)c4)nn3)CC2)c1. The fourth-order valence-corrected chi connectivity index (χ4v) is 3.54. The van der Waals surface area contributed by atoms with Crippen LogP contribution < -0.4 is 19.1 Å². The van der Waals surface area contributed by atoms with Gasteiger partial charge in [-0.3, -0.25) is 4.79 Å². The van der Waals surface area contributed by atoms with Crippen molar-refractivity contribution < 1.29 is 19.0 Å². The van der Waals surface area contributed by atoms with Gasteiger partial charge >= 0.3 is 0 Å². The lowest BCUT2D eigenvalue weighted by Crippen LogP contribution is -2.50. The maximum Gasteiger partial charge on any atom is 0.260 e. The number of carbonyl (C=O) groups is 1. The van der Waals surface area contributed by atoms with Gasteiger partial charge in [0.05, 0.1) is 19.9 Å². The summed E-state index contributed by atoms with van der Waals surface area (Å²) >= 11 is 0. The molecule has 3 aromatic rings. The number of amides is 1. The van der Waals surface area contributed by atoms with Crippen molar-refractivity contribution in [1.29, 1.82) is 0 Å². The highest BCUT2D eigenvalue weighted by Gasteiger charge is 2.22. The van der Waals surface area contributed by atoms with Gasteiger partial charge < -0.3 is 24.0 Å². The van der Waals surface area contributed by atoms with Crippen LogP contribution in [-0.4, -0.2) is 68.0 Å². The second-order valence-corrected chi connectivity index (χ2v) is 7.34. The highest BCUT2D eigenvalue weighted by Crippen LogP contribution is 2.23. The predicted octanol–water partition coefficient (Wildman–Crippen LogP) is 2.89. The molecule has 0 saturated carbocycles. The zero-order valence-electron chi connectivity index (χ0n) is 18.2. The van der Waals surface area contributed by atoms with Crippen LogP contribution in [0.3, 0.4) is 0 Å². The summed E-state index contributed by atoms with van der Waals surface area (Å²) in [5.74, 6) is 2.86. The van der Waals surface area contributed by atoms with Crippen LogP contribution in [0.4, 0.5) is 5.82 Å². The summed E-state index contributed by atoms with van der Waals surface area (Å²) in [7, 11) is 3.24. The van der Waals surface area contributed by atoms with Crippen LogP contribution in [-0.2, 0) is 4.79 Å². The van der Waals surface area contributed by atoms with Gasteiger partial charge in [-0.25, -0.2) is 0 Å². The number of nitrogens with zero attached hydrogens (tertiary/aromatic N) is 4. The van der Waals surface area contributed by atoms with E-state index in [1.165, 1.54) is 0 Å². The molecule has 1 amide bonds. The number of methoxy groups -OCH3 is 2. The fourth-order valence-electron chi connectivity index (χ4n) is 3.54. The Hall–Kier alpha value is -3.81. The number of hydrogen-bond acceptors (Lipinski definition) is 7. The summed E-state index contributed by atoms with van der Waals surface area (Å²) in [4.78, 5) is 16.5. The van der Waals surface area contributed by atoms with E-state index in [9.17, 15) is 4.79 Å². The van der Waals surface area contributed by atoms with Gasteiger partial charge in [0.2, 0.25) is 0 Å². The first-order chi connectivity index (χ1) is 15.7. The third kappa shape index (κ3) is 5.08. The van der Waals surface area contributed by atoms with E-state index in [4.69, 9.17) is 14.2 Å². The Bertz CT molecular complexity index is 1050. The van der Waals surface area contributed by atoms with Gasteiger partial charge in [-0.05, 0) is 36.4 Å². The lowest BCUT2D eigenvalue weighted by Gasteiger charge is -2.35. The van der Waals surface area contributed by atoms with Gasteiger partial charge in [0, 0.05) is 37.8 Å². The lowest BCUT2D eigenvalue weighted by atomic mass is 10.1. The fraction of sp³-hybridized carbons (Fsp3) is 0.292. The number of ether oxygens (including phenoxy) is 3. The summed E-state index contributed by atoms with van der Waals surface area (Å²) in [5.41, 5.74) is 1.74. The molecule has 1 saturated heterocycles. The van der Waals surface area contributed by atoms with E-state index in [0.29, 0.717) is 37.7 Å². The largest absolute Gasteiger partial charge is 0.497 e. The highest BCUT2D eigenvalue weighted by molar-refractivity contribution is 5.78. The van der Waals surface area contributed by atoms with Crippen LogP contribution in [0.2, 0.25) is 0 Å². The minimum absolute atomic E-state index is 0.00219. The summed E-state index contributed by atoms with van der Waals surface area (Å²) in [5, 5.41) is 8.76. The molecule has 0 spiro atoms. The molecule has 8 nitrogen and oxygen atoms in total. The Morgan fingerprint density at radius 1 is 0.844 bits per heavy atom. The third-order valence-corrected chi connectivity index (χ3v) is 5.38. The third-order valence-electron chi connectivity index (χ3n) is 5.38. The Kier molecular flexibility index (Phi) is 6.69. The standard InChI is InChI=1S/C24H26N4O4/c1-30-19-6-3-5-18(15-19)22-9-10-23(26-25-22)27-11-13-28(14-12-27)24(29)17-32-21-8-4-7-20(16-21)31-2/h3-10,15-16H,11-14,17H2,1-2H3. The average molecular weight is 434 g/mol. The molecule has 2 aromatic carbocycles. The Labute approximate surface area is 187 Å². The van der Waals surface area contributed by atoms with E-state index in [1.54, 1.807) is 20.3 Å². The quantitative estimate of drug-likeness (QED) is 0.566. The molecule has 2 heterocycles. The minimum Gasteiger partial charge on any atom is -0.497 e. The highest BCUT2D eigenvalue weighted by atomic mass is 16.5. The van der Waals surface area contributed by atoms with Crippen molar-refractivity contribution in [2.75, 3.05) is 51.9 Å². The van der Waals surface area contributed by atoms with Crippen molar-refractivity contribution in [2.45, 2.75) is 0 Å². The molecule has 0 bridgehead atoms. The van der Waals surface area contributed by atoms with Crippen LogP contribution in [0.25, 0.3) is 11.3 Å². The number of piperazine rings is 1. The molecule has 166 valence electrons. The van der Waals surface area contributed by atoms with E-state index in [-0.39, 0.29) is 12.5 Å². The number of rotatable bonds is 7. The molecule has 0 aliphatic carbocycles.